The zero-order valence-electron chi connectivity index (χ0n) is 8.03. The maximum atomic E-state index is 5.29. The number of epoxide rings is 2. The van der Waals surface area contributed by atoms with Crippen LogP contribution in [0.25, 0.3) is 0 Å². The van der Waals surface area contributed by atoms with E-state index in [1.54, 1.807) is 0 Å². The zero-order chi connectivity index (χ0) is 9.64. The molecule has 2 aliphatic heterocycles. The fraction of sp³-hybridized carbons (Fsp3) is 0.800. The van der Waals surface area contributed by atoms with Crippen molar-refractivity contribution in [3.05, 3.63) is 0 Å². The third kappa shape index (κ3) is 4.47. The van der Waals surface area contributed by atoms with Gasteiger partial charge in [-0.05, 0) is 0 Å². The van der Waals surface area contributed by atoms with Crippen molar-refractivity contribution in [3.63, 3.8) is 0 Å². The van der Waals surface area contributed by atoms with E-state index in [1.807, 2.05) is 0 Å². The van der Waals surface area contributed by atoms with Crippen LogP contribution in [0.5, 0.6) is 0 Å². The van der Waals surface area contributed by atoms with Crippen molar-refractivity contribution >= 4 is 0 Å². The third-order valence-corrected chi connectivity index (χ3v) is 1.89. The molecule has 0 N–H and O–H groups in total. The van der Waals surface area contributed by atoms with E-state index in [2.05, 4.69) is 12.0 Å². The van der Waals surface area contributed by atoms with Crippen molar-refractivity contribution < 1.29 is 18.9 Å². The predicted octanol–water partition coefficient (Wildman–Crippen LogP) is 0.168. The lowest BCUT2D eigenvalue weighted by Gasteiger charge is -1.96. The SMILES string of the molecule is C(#COCC1CO1)CCOCC1CO1. The molecule has 2 atom stereocenters. The standard InChI is InChI=1S/C10H14O4/c1(3-11-5-9-7-13-9)2-4-12-6-10-8-14-10/h9-10H,1,3,5-8H2. The largest absolute Gasteiger partial charge is 0.444 e. The van der Waals surface area contributed by atoms with E-state index in [4.69, 9.17) is 18.9 Å². The molecule has 0 aromatic carbocycles. The Bertz CT molecular complexity index is 222. The van der Waals surface area contributed by atoms with Crippen molar-refractivity contribution in [3.8, 4) is 12.0 Å². The Hall–Kier alpha value is -0.760. The molecular formula is C10H14O4. The van der Waals surface area contributed by atoms with E-state index in [0.29, 0.717) is 32.3 Å². The Labute approximate surface area is 83.5 Å². The highest BCUT2D eigenvalue weighted by molar-refractivity contribution is 4.91. The zero-order valence-corrected chi connectivity index (χ0v) is 8.03. The smallest absolute Gasteiger partial charge is 0.128 e. The molecule has 2 heterocycles. The summed E-state index contributed by atoms with van der Waals surface area (Å²) in [5.74, 6) is 2.87. The maximum Gasteiger partial charge on any atom is 0.128 e. The number of hydrogen-bond acceptors (Lipinski definition) is 4. The fourth-order valence-electron chi connectivity index (χ4n) is 0.903. The lowest BCUT2D eigenvalue weighted by molar-refractivity contribution is 0.121. The molecule has 0 radical (unpaired) electrons. The topological polar surface area (TPSA) is 43.5 Å². The normalized spacial score (nSPS) is 27.7. The van der Waals surface area contributed by atoms with Gasteiger partial charge in [0.15, 0.2) is 0 Å². The van der Waals surface area contributed by atoms with Crippen LogP contribution in [0.3, 0.4) is 0 Å². The molecule has 4 nitrogen and oxygen atoms in total. The molecule has 2 unspecified atom stereocenters. The van der Waals surface area contributed by atoms with Crippen molar-refractivity contribution in [1.82, 2.24) is 0 Å². The van der Waals surface area contributed by atoms with E-state index in [1.165, 1.54) is 0 Å². The van der Waals surface area contributed by atoms with E-state index in [0.717, 1.165) is 13.2 Å². The molecule has 0 aromatic rings. The van der Waals surface area contributed by atoms with Gasteiger partial charge in [-0.2, -0.15) is 0 Å². The molecule has 0 bridgehead atoms. The second kappa shape index (κ2) is 5.20. The highest BCUT2D eigenvalue weighted by Gasteiger charge is 2.22. The average Bonchev–Trinajstić information content (AvgIpc) is 3.00. The summed E-state index contributed by atoms with van der Waals surface area (Å²) >= 11 is 0. The summed E-state index contributed by atoms with van der Waals surface area (Å²) in [5, 5.41) is 0. The monoisotopic (exact) mass is 198 g/mol. The Balaban J connectivity index is 1.36. The Morgan fingerprint density at radius 2 is 1.86 bits per heavy atom. The van der Waals surface area contributed by atoms with Gasteiger partial charge in [-0.1, -0.05) is 5.92 Å². The highest BCUT2D eigenvalue weighted by atomic mass is 16.6. The van der Waals surface area contributed by atoms with Crippen LogP contribution in [0.4, 0.5) is 0 Å². The summed E-state index contributed by atoms with van der Waals surface area (Å²) in [7, 11) is 0. The van der Waals surface area contributed by atoms with Crippen LogP contribution in [-0.2, 0) is 18.9 Å². The first-order valence-electron chi connectivity index (χ1n) is 4.86. The predicted molar refractivity (Wildman–Crippen MR) is 48.6 cm³/mol. The fourth-order valence-corrected chi connectivity index (χ4v) is 0.903. The van der Waals surface area contributed by atoms with Crippen LogP contribution in [0.15, 0.2) is 0 Å². The van der Waals surface area contributed by atoms with E-state index in [9.17, 15) is 0 Å². The summed E-state index contributed by atoms with van der Waals surface area (Å²) in [6, 6.07) is 0. The maximum absolute atomic E-state index is 5.29. The summed E-state index contributed by atoms with van der Waals surface area (Å²) in [5.41, 5.74) is 0. The molecule has 0 aliphatic carbocycles. The summed E-state index contributed by atoms with van der Waals surface area (Å²) in [4.78, 5) is 0. The molecule has 0 saturated carbocycles. The molecular weight excluding hydrogens is 184 g/mol. The van der Waals surface area contributed by atoms with Gasteiger partial charge in [-0.3, -0.25) is 0 Å². The minimum absolute atomic E-state index is 0.285. The Morgan fingerprint density at radius 1 is 1.14 bits per heavy atom. The van der Waals surface area contributed by atoms with Crippen LogP contribution in [-0.4, -0.2) is 45.2 Å². The first-order valence-corrected chi connectivity index (χ1v) is 4.86. The molecule has 4 heteroatoms. The Kier molecular flexibility index (Phi) is 3.64. The van der Waals surface area contributed by atoms with Gasteiger partial charge in [-0.25, -0.2) is 0 Å². The van der Waals surface area contributed by atoms with Crippen molar-refractivity contribution in [2.45, 2.75) is 18.6 Å². The van der Waals surface area contributed by atoms with Crippen molar-refractivity contribution in [1.29, 1.82) is 0 Å². The number of rotatable bonds is 6. The molecule has 0 spiro atoms. The van der Waals surface area contributed by atoms with Gasteiger partial charge < -0.3 is 18.9 Å². The second-order valence-electron chi connectivity index (χ2n) is 3.33. The van der Waals surface area contributed by atoms with Gasteiger partial charge in [0.25, 0.3) is 0 Å². The van der Waals surface area contributed by atoms with Gasteiger partial charge in [0, 0.05) is 6.42 Å². The van der Waals surface area contributed by atoms with Gasteiger partial charge in [-0.15, -0.1) is 0 Å². The van der Waals surface area contributed by atoms with Gasteiger partial charge in [0.05, 0.1) is 26.4 Å². The number of ether oxygens (including phenoxy) is 4. The first kappa shape index (κ1) is 9.78. The van der Waals surface area contributed by atoms with Gasteiger partial charge in [0.2, 0.25) is 0 Å². The minimum atomic E-state index is 0.285. The molecule has 2 fully saturated rings. The van der Waals surface area contributed by atoms with Gasteiger partial charge in [0.1, 0.15) is 24.9 Å². The average molecular weight is 198 g/mol. The van der Waals surface area contributed by atoms with E-state index >= 15 is 0 Å². The summed E-state index contributed by atoms with van der Waals surface area (Å²) in [6.45, 7) is 3.58. The first-order chi connectivity index (χ1) is 6.95. The Morgan fingerprint density at radius 3 is 2.57 bits per heavy atom. The molecule has 2 aliphatic rings. The molecule has 14 heavy (non-hydrogen) atoms. The molecule has 2 saturated heterocycles. The van der Waals surface area contributed by atoms with E-state index in [-0.39, 0.29) is 6.10 Å². The highest BCUT2D eigenvalue weighted by Crippen LogP contribution is 2.08. The molecule has 0 amide bonds. The van der Waals surface area contributed by atoms with Crippen molar-refractivity contribution in [2.75, 3.05) is 33.0 Å². The second-order valence-corrected chi connectivity index (χ2v) is 3.33. The lowest BCUT2D eigenvalue weighted by atomic mass is 10.4. The van der Waals surface area contributed by atoms with Crippen LogP contribution in [0, 0.1) is 12.0 Å². The van der Waals surface area contributed by atoms with Gasteiger partial charge >= 0.3 is 0 Å². The molecule has 78 valence electrons. The van der Waals surface area contributed by atoms with Crippen LogP contribution in [0.1, 0.15) is 6.42 Å². The van der Waals surface area contributed by atoms with Crippen LogP contribution < -0.4 is 0 Å². The molecule has 2 rings (SSSR count). The lowest BCUT2D eigenvalue weighted by Crippen LogP contribution is -2.02. The van der Waals surface area contributed by atoms with Crippen molar-refractivity contribution in [2.24, 2.45) is 0 Å². The third-order valence-electron chi connectivity index (χ3n) is 1.89. The minimum Gasteiger partial charge on any atom is -0.444 e. The molecule has 0 aromatic heterocycles. The van der Waals surface area contributed by atoms with Crippen LogP contribution in [0.2, 0.25) is 0 Å². The van der Waals surface area contributed by atoms with E-state index < -0.39 is 0 Å². The summed E-state index contributed by atoms with van der Waals surface area (Å²) in [6.07, 6.45) is 3.95. The quantitative estimate of drug-likeness (QED) is 0.346. The van der Waals surface area contributed by atoms with Crippen LogP contribution >= 0.6 is 0 Å². The summed E-state index contributed by atoms with van der Waals surface area (Å²) < 4.78 is 20.3. The number of hydrogen-bond donors (Lipinski definition) is 0.